The number of Topliss-reactive ketones (excluding diaryl/α,β-unsaturated/α-hetero) is 1. The van der Waals surface area contributed by atoms with Gasteiger partial charge in [0.05, 0.1) is 6.61 Å². The first-order valence-corrected chi connectivity index (χ1v) is 7.82. The van der Waals surface area contributed by atoms with E-state index in [1.54, 1.807) is 0 Å². The van der Waals surface area contributed by atoms with Crippen molar-refractivity contribution in [3.05, 3.63) is 0 Å². The van der Waals surface area contributed by atoms with Gasteiger partial charge < -0.3 is 4.74 Å². The van der Waals surface area contributed by atoms with Crippen molar-refractivity contribution in [1.29, 1.82) is 0 Å². The molecule has 0 N–H and O–H groups in total. The summed E-state index contributed by atoms with van der Waals surface area (Å²) in [6.45, 7) is 4.10. The molecule has 0 heterocycles. The van der Waals surface area contributed by atoms with Gasteiger partial charge >= 0.3 is 5.97 Å². The van der Waals surface area contributed by atoms with Crippen molar-refractivity contribution < 1.29 is 31.1 Å². The molecule has 0 saturated carbocycles. The molecule has 0 spiro atoms. The van der Waals surface area contributed by atoms with E-state index in [4.69, 9.17) is 4.74 Å². The molecule has 0 saturated heterocycles. The molecule has 0 aromatic rings. The molecule has 0 aliphatic rings. The number of hydrogen-bond acceptors (Lipinski definition) is 3. The Kier molecular flexibility index (Phi) is 18.3. The fraction of sp³-hybridized carbons (Fsp3) is 0.875. The van der Waals surface area contributed by atoms with Gasteiger partial charge in [0.2, 0.25) is 0 Å². The second-order valence-corrected chi connectivity index (χ2v) is 5.28. The predicted octanol–water partition coefficient (Wildman–Crippen LogP) is 4.43. The predicted molar refractivity (Wildman–Crippen MR) is 78.1 cm³/mol. The van der Waals surface area contributed by atoms with Crippen LogP contribution in [0.4, 0.5) is 0 Å². The van der Waals surface area contributed by atoms with Crippen LogP contribution in [0.3, 0.4) is 0 Å². The number of carbonyl (C=O) groups excluding carboxylic acids is 2. The Morgan fingerprint density at radius 3 is 1.70 bits per heavy atom. The molecular weight excluding hydrogens is 299 g/mol. The van der Waals surface area contributed by atoms with Gasteiger partial charge in [0.15, 0.2) is 0 Å². The van der Waals surface area contributed by atoms with Crippen LogP contribution in [0.2, 0.25) is 0 Å². The summed E-state index contributed by atoms with van der Waals surface area (Å²) in [7, 11) is 0. The second kappa shape index (κ2) is 16.7. The molecule has 0 aliphatic carbocycles. The minimum Gasteiger partial charge on any atom is -0.465 e. The fourth-order valence-electron chi connectivity index (χ4n) is 2.03. The molecule has 0 atom stereocenters. The second-order valence-electron chi connectivity index (χ2n) is 5.28. The molecule has 0 bridgehead atoms. The Morgan fingerprint density at radius 2 is 1.25 bits per heavy atom. The number of carbonyl (C=O) groups is 2. The van der Waals surface area contributed by atoms with E-state index in [-0.39, 0.29) is 35.0 Å². The van der Waals surface area contributed by atoms with E-state index in [0.29, 0.717) is 6.61 Å². The SMILES string of the molecule is CCCCCCCCCCCCOC(=O)CC(C)=O.[Co]. The van der Waals surface area contributed by atoms with Crippen LogP contribution >= 0.6 is 0 Å². The van der Waals surface area contributed by atoms with Gasteiger partial charge in [0, 0.05) is 16.8 Å². The first-order valence-electron chi connectivity index (χ1n) is 7.82. The Balaban J connectivity index is 0. The molecule has 0 aromatic heterocycles. The number of esters is 1. The Labute approximate surface area is 134 Å². The van der Waals surface area contributed by atoms with Crippen LogP contribution in [-0.2, 0) is 31.1 Å². The zero-order valence-electron chi connectivity index (χ0n) is 13.0. The van der Waals surface area contributed by atoms with Crippen molar-refractivity contribution in [2.75, 3.05) is 6.61 Å². The minimum atomic E-state index is -0.386. The maximum atomic E-state index is 11.1. The van der Waals surface area contributed by atoms with E-state index < -0.39 is 0 Å². The Hall–Kier alpha value is -0.354. The third kappa shape index (κ3) is 17.6. The summed E-state index contributed by atoms with van der Waals surface area (Å²) in [6, 6.07) is 0. The van der Waals surface area contributed by atoms with E-state index in [1.165, 1.54) is 58.3 Å². The summed E-state index contributed by atoms with van der Waals surface area (Å²) >= 11 is 0. The van der Waals surface area contributed by atoms with Gasteiger partial charge in [-0.15, -0.1) is 0 Å². The molecule has 121 valence electrons. The van der Waals surface area contributed by atoms with Gasteiger partial charge in [-0.2, -0.15) is 0 Å². The summed E-state index contributed by atoms with van der Waals surface area (Å²) in [5.74, 6) is -0.517. The molecule has 0 rings (SSSR count). The molecule has 1 radical (unpaired) electrons. The van der Waals surface area contributed by atoms with E-state index in [0.717, 1.165) is 12.8 Å². The first kappa shape index (κ1) is 21.9. The summed E-state index contributed by atoms with van der Waals surface area (Å²) in [6.07, 6.45) is 12.6. The summed E-state index contributed by atoms with van der Waals surface area (Å²) < 4.78 is 4.97. The summed E-state index contributed by atoms with van der Waals surface area (Å²) in [5, 5.41) is 0. The van der Waals surface area contributed by atoms with Crippen molar-refractivity contribution in [3.63, 3.8) is 0 Å². The largest absolute Gasteiger partial charge is 0.465 e. The van der Waals surface area contributed by atoms with Crippen LogP contribution in [0.5, 0.6) is 0 Å². The zero-order valence-corrected chi connectivity index (χ0v) is 14.1. The van der Waals surface area contributed by atoms with Crippen LogP contribution in [0.25, 0.3) is 0 Å². The number of hydrogen-bond donors (Lipinski definition) is 0. The van der Waals surface area contributed by atoms with Crippen molar-refractivity contribution in [1.82, 2.24) is 0 Å². The van der Waals surface area contributed by atoms with Crippen LogP contribution in [-0.4, -0.2) is 18.4 Å². The molecule has 0 amide bonds. The third-order valence-electron chi connectivity index (χ3n) is 3.15. The maximum absolute atomic E-state index is 11.1. The van der Waals surface area contributed by atoms with Gasteiger partial charge in [-0.3, -0.25) is 9.59 Å². The van der Waals surface area contributed by atoms with E-state index in [2.05, 4.69) is 6.92 Å². The van der Waals surface area contributed by atoms with Gasteiger partial charge in [0.1, 0.15) is 12.2 Å². The van der Waals surface area contributed by atoms with Crippen LogP contribution < -0.4 is 0 Å². The van der Waals surface area contributed by atoms with Crippen molar-refractivity contribution in [2.45, 2.75) is 84.5 Å². The average molecular weight is 329 g/mol. The topological polar surface area (TPSA) is 43.4 Å². The van der Waals surface area contributed by atoms with Crippen molar-refractivity contribution in [2.24, 2.45) is 0 Å². The van der Waals surface area contributed by atoms with E-state index in [1.807, 2.05) is 0 Å². The normalized spacial score (nSPS) is 9.90. The van der Waals surface area contributed by atoms with Crippen molar-refractivity contribution >= 4 is 11.8 Å². The summed E-state index contributed by atoms with van der Waals surface area (Å²) in [5.41, 5.74) is 0. The van der Waals surface area contributed by atoms with Gasteiger partial charge in [0.25, 0.3) is 0 Å². The van der Waals surface area contributed by atoms with E-state index in [9.17, 15) is 9.59 Å². The van der Waals surface area contributed by atoms with E-state index >= 15 is 0 Å². The fourth-order valence-corrected chi connectivity index (χ4v) is 2.03. The zero-order chi connectivity index (χ0) is 14.3. The number of unbranched alkanes of at least 4 members (excludes halogenated alkanes) is 9. The van der Waals surface area contributed by atoms with Crippen LogP contribution in [0.1, 0.15) is 84.5 Å². The van der Waals surface area contributed by atoms with Gasteiger partial charge in [-0.25, -0.2) is 0 Å². The number of rotatable bonds is 13. The van der Waals surface area contributed by atoms with Crippen LogP contribution in [0, 0.1) is 0 Å². The first-order chi connectivity index (χ1) is 9.16. The molecular formula is C16H30CoO3. The Morgan fingerprint density at radius 1 is 0.800 bits per heavy atom. The molecule has 0 aromatic carbocycles. The standard InChI is InChI=1S/C16H30O3.Co/c1-3-4-5-6-7-8-9-10-11-12-13-19-16(18)14-15(2)17;/h3-14H2,1-2H3;. The minimum absolute atomic E-state index is 0. The quantitative estimate of drug-likeness (QED) is 0.285. The average Bonchev–Trinajstić information content (AvgIpc) is 2.35. The molecule has 0 fully saturated rings. The molecule has 4 heteroatoms. The molecule has 0 unspecified atom stereocenters. The molecule has 0 aliphatic heterocycles. The van der Waals surface area contributed by atoms with Gasteiger partial charge in [-0.1, -0.05) is 64.7 Å². The van der Waals surface area contributed by atoms with Crippen LogP contribution in [0.15, 0.2) is 0 Å². The van der Waals surface area contributed by atoms with Crippen molar-refractivity contribution in [3.8, 4) is 0 Å². The summed E-state index contributed by atoms with van der Waals surface area (Å²) in [4.78, 5) is 21.7. The van der Waals surface area contributed by atoms with Gasteiger partial charge in [-0.05, 0) is 13.3 Å². The smallest absolute Gasteiger partial charge is 0.313 e. The monoisotopic (exact) mass is 329 g/mol. The Bertz CT molecular complexity index is 242. The number of ether oxygens (including phenoxy) is 1. The number of ketones is 1. The third-order valence-corrected chi connectivity index (χ3v) is 3.15. The molecule has 3 nitrogen and oxygen atoms in total. The maximum Gasteiger partial charge on any atom is 0.313 e. The molecule has 20 heavy (non-hydrogen) atoms.